The normalized spacial score (nSPS) is 43.3. The first-order chi connectivity index (χ1) is 6.76. The molecule has 0 aromatic heterocycles. The number of nitrogens with one attached hydrogen (secondary N) is 1. The average Bonchev–Trinajstić information content (AvgIpc) is 2.79. The van der Waals surface area contributed by atoms with Gasteiger partial charge < -0.3 is 15.2 Å². The fourth-order valence-corrected chi connectivity index (χ4v) is 3.40. The summed E-state index contributed by atoms with van der Waals surface area (Å²) in [6.45, 7) is 3.90. The first-order valence-electron chi connectivity index (χ1n) is 5.34. The summed E-state index contributed by atoms with van der Waals surface area (Å²) < 4.78 is 5.37. The number of ether oxygens (including phenoxy) is 1. The van der Waals surface area contributed by atoms with E-state index in [0.717, 1.165) is 13.0 Å². The highest BCUT2D eigenvalue weighted by molar-refractivity contribution is 8.00. The second kappa shape index (κ2) is 4.39. The van der Waals surface area contributed by atoms with E-state index in [4.69, 9.17) is 4.74 Å². The summed E-state index contributed by atoms with van der Waals surface area (Å²) in [4.78, 5) is 0. The van der Waals surface area contributed by atoms with Gasteiger partial charge in [-0.1, -0.05) is 6.92 Å². The molecule has 2 aliphatic rings. The van der Waals surface area contributed by atoms with Gasteiger partial charge in [-0.15, -0.1) is 0 Å². The molecule has 0 aliphatic carbocycles. The Bertz CT molecular complexity index is 195. The Morgan fingerprint density at radius 1 is 1.64 bits per heavy atom. The molecule has 14 heavy (non-hydrogen) atoms. The number of rotatable bonds is 3. The molecular formula is C10H19NO2S. The zero-order valence-electron chi connectivity index (χ0n) is 8.66. The minimum absolute atomic E-state index is 0.149. The van der Waals surface area contributed by atoms with E-state index in [1.54, 1.807) is 0 Å². The molecule has 2 fully saturated rings. The molecule has 3 atom stereocenters. The quantitative estimate of drug-likeness (QED) is 0.727. The highest BCUT2D eigenvalue weighted by atomic mass is 32.2. The molecule has 0 radical (unpaired) electrons. The van der Waals surface area contributed by atoms with Crippen LogP contribution in [0.3, 0.4) is 0 Å². The van der Waals surface area contributed by atoms with E-state index in [9.17, 15) is 5.11 Å². The Morgan fingerprint density at radius 2 is 2.50 bits per heavy atom. The third kappa shape index (κ3) is 2.08. The van der Waals surface area contributed by atoms with E-state index >= 15 is 0 Å². The highest BCUT2D eigenvalue weighted by Gasteiger charge is 2.38. The van der Waals surface area contributed by atoms with Crippen LogP contribution >= 0.6 is 11.8 Å². The molecule has 2 saturated heterocycles. The Balaban J connectivity index is 1.93. The van der Waals surface area contributed by atoms with Crippen LogP contribution in [0, 0.1) is 0 Å². The lowest BCUT2D eigenvalue weighted by Crippen LogP contribution is -2.55. The van der Waals surface area contributed by atoms with Gasteiger partial charge in [0.1, 0.15) is 0 Å². The summed E-state index contributed by atoms with van der Waals surface area (Å²) in [6, 6.07) is 0.550. The summed E-state index contributed by atoms with van der Waals surface area (Å²) in [5, 5.41) is 13.7. The first-order valence-corrected chi connectivity index (χ1v) is 6.38. The molecule has 0 aromatic carbocycles. The van der Waals surface area contributed by atoms with E-state index in [0.29, 0.717) is 17.9 Å². The summed E-state index contributed by atoms with van der Waals surface area (Å²) in [5.41, 5.74) is -0.149. The van der Waals surface area contributed by atoms with Crippen LogP contribution in [0.5, 0.6) is 0 Å². The van der Waals surface area contributed by atoms with Gasteiger partial charge in [0.2, 0.25) is 0 Å². The van der Waals surface area contributed by atoms with Gasteiger partial charge in [0, 0.05) is 17.9 Å². The van der Waals surface area contributed by atoms with Crippen LogP contribution in [0.4, 0.5) is 0 Å². The molecule has 4 heteroatoms. The van der Waals surface area contributed by atoms with Crippen molar-refractivity contribution in [3.8, 4) is 0 Å². The van der Waals surface area contributed by atoms with Crippen LogP contribution in [-0.4, -0.2) is 47.5 Å². The Kier molecular flexibility index (Phi) is 3.37. The van der Waals surface area contributed by atoms with Crippen molar-refractivity contribution in [1.82, 2.24) is 5.32 Å². The third-order valence-electron chi connectivity index (χ3n) is 3.27. The average molecular weight is 217 g/mol. The molecular weight excluding hydrogens is 198 g/mol. The number of aliphatic hydroxyl groups is 1. The summed E-state index contributed by atoms with van der Waals surface area (Å²) in [5.74, 6) is 1.24. The van der Waals surface area contributed by atoms with Crippen LogP contribution in [0.15, 0.2) is 0 Å². The van der Waals surface area contributed by atoms with E-state index in [2.05, 4.69) is 12.2 Å². The zero-order valence-corrected chi connectivity index (χ0v) is 9.48. The predicted octanol–water partition coefficient (Wildman–Crippen LogP) is 0.621. The molecule has 2 N–H and O–H groups in total. The smallest absolute Gasteiger partial charge is 0.0675 e. The van der Waals surface area contributed by atoms with Crippen LogP contribution in [0.1, 0.15) is 19.8 Å². The molecule has 0 bridgehead atoms. The molecule has 2 heterocycles. The van der Waals surface area contributed by atoms with Crippen molar-refractivity contribution < 1.29 is 9.84 Å². The van der Waals surface area contributed by atoms with Gasteiger partial charge in [0.25, 0.3) is 0 Å². The van der Waals surface area contributed by atoms with Crippen molar-refractivity contribution >= 4 is 11.8 Å². The number of hydrogen-bond acceptors (Lipinski definition) is 4. The largest absolute Gasteiger partial charge is 0.394 e. The lowest BCUT2D eigenvalue weighted by molar-refractivity contribution is 0.112. The van der Waals surface area contributed by atoms with Crippen LogP contribution in [-0.2, 0) is 4.74 Å². The summed E-state index contributed by atoms with van der Waals surface area (Å²) >= 11 is 2.01. The van der Waals surface area contributed by atoms with Crippen LogP contribution in [0.2, 0.25) is 0 Å². The maximum absolute atomic E-state index is 9.41. The van der Waals surface area contributed by atoms with Crippen molar-refractivity contribution in [2.75, 3.05) is 25.6 Å². The molecule has 2 aliphatic heterocycles. The van der Waals surface area contributed by atoms with Gasteiger partial charge in [-0.25, -0.2) is 0 Å². The Labute approximate surface area is 89.6 Å². The minimum Gasteiger partial charge on any atom is -0.394 e. The molecule has 2 rings (SSSR count). The highest BCUT2D eigenvalue weighted by Crippen LogP contribution is 2.29. The molecule has 3 nitrogen and oxygen atoms in total. The maximum atomic E-state index is 9.41. The fourth-order valence-electron chi connectivity index (χ4n) is 2.21. The SMILES string of the molecule is CC1SCCC1NC1(CO)CCOC1. The molecule has 0 aromatic rings. The Hall–Kier alpha value is 0.230. The van der Waals surface area contributed by atoms with Crippen LogP contribution in [0.25, 0.3) is 0 Å². The summed E-state index contributed by atoms with van der Waals surface area (Å²) in [7, 11) is 0. The number of thioether (sulfide) groups is 1. The lowest BCUT2D eigenvalue weighted by atomic mass is 9.97. The van der Waals surface area contributed by atoms with Gasteiger partial charge in [-0.2, -0.15) is 11.8 Å². The number of hydrogen-bond donors (Lipinski definition) is 2. The molecule has 0 saturated carbocycles. The van der Waals surface area contributed by atoms with Crippen molar-refractivity contribution in [1.29, 1.82) is 0 Å². The summed E-state index contributed by atoms with van der Waals surface area (Å²) in [6.07, 6.45) is 2.16. The van der Waals surface area contributed by atoms with Crippen LogP contribution < -0.4 is 5.32 Å². The van der Waals surface area contributed by atoms with Crippen molar-refractivity contribution in [2.24, 2.45) is 0 Å². The number of aliphatic hydroxyl groups excluding tert-OH is 1. The van der Waals surface area contributed by atoms with E-state index in [-0.39, 0.29) is 12.1 Å². The molecule has 82 valence electrons. The van der Waals surface area contributed by atoms with Crippen molar-refractivity contribution in [3.05, 3.63) is 0 Å². The topological polar surface area (TPSA) is 41.5 Å². The van der Waals surface area contributed by atoms with E-state index in [1.807, 2.05) is 11.8 Å². The Morgan fingerprint density at radius 3 is 3.00 bits per heavy atom. The van der Waals surface area contributed by atoms with Crippen molar-refractivity contribution in [3.63, 3.8) is 0 Å². The van der Waals surface area contributed by atoms with Gasteiger partial charge in [-0.3, -0.25) is 0 Å². The fraction of sp³-hybridized carbons (Fsp3) is 1.00. The van der Waals surface area contributed by atoms with E-state index in [1.165, 1.54) is 12.2 Å². The monoisotopic (exact) mass is 217 g/mol. The van der Waals surface area contributed by atoms with Gasteiger partial charge in [0.15, 0.2) is 0 Å². The second-order valence-corrected chi connectivity index (χ2v) is 5.84. The van der Waals surface area contributed by atoms with Gasteiger partial charge >= 0.3 is 0 Å². The van der Waals surface area contributed by atoms with Gasteiger partial charge in [0.05, 0.1) is 18.8 Å². The first kappa shape index (κ1) is 10.7. The zero-order chi connectivity index (χ0) is 10.0. The predicted molar refractivity (Wildman–Crippen MR) is 58.7 cm³/mol. The minimum atomic E-state index is -0.149. The van der Waals surface area contributed by atoms with Crippen molar-refractivity contribution in [2.45, 2.75) is 36.6 Å². The lowest BCUT2D eigenvalue weighted by Gasteiger charge is -2.31. The third-order valence-corrected chi connectivity index (χ3v) is 4.60. The second-order valence-electron chi connectivity index (χ2n) is 4.36. The molecule has 0 spiro atoms. The standard InChI is InChI=1S/C10H19NO2S/c1-8-9(2-5-14-8)11-10(6-12)3-4-13-7-10/h8-9,11-12H,2-7H2,1H3. The molecule has 0 amide bonds. The van der Waals surface area contributed by atoms with Gasteiger partial charge in [-0.05, 0) is 18.6 Å². The maximum Gasteiger partial charge on any atom is 0.0675 e. The van der Waals surface area contributed by atoms with E-state index < -0.39 is 0 Å². The molecule has 3 unspecified atom stereocenters.